The van der Waals surface area contributed by atoms with Crippen LogP contribution in [0.4, 0.5) is 0 Å². The van der Waals surface area contributed by atoms with E-state index >= 15 is 0 Å². The van der Waals surface area contributed by atoms with Crippen molar-refractivity contribution in [2.75, 3.05) is 5.75 Å². The van der Waals surface area contributed by atoms with Crippen LogP contribution in [0.2, 0.25) is 10.0 Å². The van der Waals surface area contributed by atoms with Gasteiger partial charge in [-0.3, -0.25) is 4.79 Å². The van der Waals surface area contributed by atoms with Crippen LogP contribution in [0.15, 0.2) is 84.0 Å². The second-order valence-electron chi connectivity index (χ2n) is 5.95. The number of rotatable bonds is 7. The van der Waals surface area contributed by atoms with E-state index in [4.69, 9.17) is 23.2 Å². The second kappa shape index (κ2) is 10.3. The molecule has 0 saturated carbocycles. The van der Waals surface area contributed by atoms with Gasteiger partial charge in [0.2, 0.25) is 5.91 Å². The summed E-state index contributed by atoms with van der Waals surface area (Å²) >= 11 is 13.6. The van der Waals surface area contributed by atoms with E-state index in [9.17, 15) is 4.79 Å². The molecule has 1 N–H and O–H groups in total. The largest absolute Gasteiger partial charge is 0.272 e. The zero-order chi connectivity index (χ0) is 19.8. The van der Waals surface area contributed by atoms with E-state index in [1.54, 1.807) is 30.0 Å². The minimum atomic E-state index is -0.184. The van der Waals surface area contributed by atoms with Crippen molar-refractivity contribution in [3.05, 3.63) is 106 Å². The summed E-state index contributed by atoms with van der Waals surface area (Å²) in [6.45, 7) is 0. The van der Waals surface area contributed by atoms with E-state index in [0.717, 1.165) is 11.1 Å². The lowest BCUT2D eigenvalue weighted by molar-refractivity contribution is -0.118. The molecule has 3 aromatic carbocycles. The number of hydrazone groups is 1. The van der Waals surface area contributed by atoms with Crippen molar-refractivity contribution in [3.63, 3.8) is 0 Å². The molecule has 0 spiro atoms. The standard InChI is InChI=1S/C22H18Cl2N2OS/c23-19-13-7-12-18(21(19)24)14-25-26-20(27)15-28-22(16-8-3-1-4-9-16)17-10-5-2-6-11-17/h1-14,22H,15H2,(H,26,27)/b25-14+. The molecule has 0 aliphatic heterocycles. The lowest BCUT2D eigenvalue weighted by Gasteiger charge is -2.17. The Morgan fingerprint density at radius 1 is 0.929 bits per heavy atom. The third-order valence-electron chi connectivity index (χ3n) is 3.96. The number of hydrogen-bond acceptors (Lipinski definition) is 3. The molecule has 1 amide bonds. The van der Waals surface area contributed by atoms with Gasteiger partial charge in [0.15, 0.2) is 0 Å². The molecule has 3 nitrogen and oxygen atoms in total. The van der Waals surface area contributed by atoms with Gasteiger partial charge in [0.25, 0.3) is 0 Å². The summed E-state index contributed by atoms with van der Waals surface area (Å²) in [6, 6.07) is 25.5. The Morgan fingerprint density at radius 2 is 1.54 bits per heavy atom. The highest BCUT2D eigenvalue weighted by atomic mass is 35.5. The van der Waals surface area contributed by atoms with Crippen LogP contribution >= 0.6 is 35.0 Å². The average Bonchev–Trinajstić information content (AvgIpc) is 2.73. The molecule has 0 aliphatic rings. The summed E-state index contributed by atoms with van der Waals surface area (Å²) < 4.78 is 0. The van der Waals surface area contributed by atoms with Gasteiger partial charge in [0.05, 0.1) is 27.3 Å². The molecule has 3 aromatic rings. The van der Waals surface area contributed by atoms with Gasteiger partial charge < -0.3 is 0 Å². The third-order valence-corrected chi connectivity index (χ3v) is 6.10. The van der Waals surface area contributed by atoms with Gasteiger partial charge in [-0.05, 0) is 17.2 Å². The van der Waals surface area contributed by atoms with Crippen molar-refractivity contribution in [3.8, 4) is 0 Å². The summed E-state index contributed by atoms with van der Waals surface area (Å²) in [5, 5.41) is 4.91. The Balaban J connectivity index is 1.62. The number of benzene rings is 3. The predicted octanol–water partition coefficient (Wildman–Crippen LogP) is 5.97. The molecule has 0 radical (unpaired) electrons. The summed E-state index contributed by atoms with van der Waals surface area (Å²) in [7, 11) is 0. The fourth-order valence-electron chi connectivity index (χ4n) is 2.63. The fourth-order valence-corrected chi connectivity index (χ4v) is 4.06. The molecule has 142 valence electrons. The van der Waals surface area contributed by atoms with Crippen LogP contribution in [-0.2, 0) is 4.79 Å². The molecule has 6 heteroatoms. The van der Waals surface area contributed by atoms with Gasteiger partial charge in [-0.15, -0.1) is 11.8 Å². The first-order valence-corrected chi connectivity index (χ1v) is 10.4. The molecular weight excluding hydrogens is 411 g/mol. The Hall–Kier alpha value is -2.27. The van der Waals surface area contributed by atoms with Crippen LogP contribution in [-0.4, -0.2) is 17.9 Å². The van der Waals surface area contributed by atoms with E-state index in [1.165, 1.54) is 6.21 Å². The number of carbonyl (C=O) groups is 1. The monoisotopic (exact) mass is 428 g/mol. The normalized spacial score (nSPS) is 11.1. The second-order valence-corrected chi connectivity index (χ2v) is 7.83. The smallest absolute Gasteiger partial charge is 0.250 e. The number of hydrogen-bond donors (Lipinski definition) is 1. The van der Waals surface area contributed by atoms with Crippen LogP contribution in [0.1, 0.15) is 21.9 Å². The molecule has 0 atom stereocenters. The van der Waals surface area contributed by atoms with Gasteiger partial charge >= 0.3 is 0 Å². The third kappa shape index (κ3) is 5.61. The minimum Gasteiger partial charge on any atom is -0.272 e. The Bertz CT molecular complexity index is 910. The van der Waals surface area contributed by atoms with Crippen molar-refractivity contribution >= 4 is 47.1 Å². The maximum absolute atomic E-state index is 12.2. The van der Waals surface area contributed by atoms with Crippen LogP contribution in [0.5, 0.6) is 0 Å². The molecule has 3 rings (SSSR count). The first kappa shape index (κ1) is 20.5. The van der Waals surface area contributed by atoms with Gasteiger partial charge in [-0.2, -0.15) is 5.10 Å². The zero-order valence-electron chi connectivity index (χ0n) is 14.9. The number of halogens is 2. The molecule has 0 aliphatic carbocycles. The topological polar surface area (TPSA) is 41.5 Å². The maximum atomic E-state index is 12.2. The number of nitrogens with zero attached hydrogens (tertiary/aromatic N) is 1. The minimum absolute atomic E-state index is 0.0690. The van der Waals surface area contributed by atoms with Crippen LogP contribution in [0.3, 0.4) is 0 Å². The van der Waals surface area contributed by atoms with Crippen molar-refractivity contribution in [1.82, 2.24) is 5.43 Å². The van der Waals surface area contributed by atoms with Gasteiger partial charge in [-0.25, -0.2) is 5.43 Å². The number of amides is 1. The molecule has 0 heterocycles. The molecule has 0 saturated heterocycles. The highest BCUT2D eigenvalue weighted by Gasteiger charge is 2.16. The fraction of sp³-hybridized carbons (Fsp3) is 0.0909. The predicted molar refractivity (Wildman–Crippen MR) is 119 cm³/mol. The zero-order valence-corrected chi connectivity index (χ0v) is 17.2. The number of thioether (sulfide) groups is 1. The van der Waals surface area contributed by atoms with Crippen LogP contribution < -0.4 is 5.43 Å². The van der Waals surface area contributed by atoms with E-state index < -0.39 is 0 Å². The summed E-state index contributed by atoms with van der Waals surface area (Å²) in [6.07, 6.45) is 1.49. The van der Waals surface area contributed by atoms with Crippen molar-refractivity contribution in [2.24, 2.45) is 5.10 Å². The molecular formula is C22H18Cl2N2OS. The summed E-state index contributed by atoms with van der Waals surface area (Å²) in [5.74, 6) is 0.0889. The number of carbonyl (C=O) groups excluding carboxylic acids is 1. The Labute approximate surface area is 178 Å². The number of nitrogens with one attached hydrogen (secondary N) is 1. The average molecular weight is 429 g/mol. The Kier molecular flexibility index (Phi) is 7.54. The van der Waals surface area contributed by atoms with Gasteiger partial charge in [0, 0.05) is 5.56 Å². The van der Waals surface area contributed by atoms with Gasteiger partial charge in [-0.1, -0.05) is 96.0 Å². The van der Waals surface area contributed by atoms with Crippen molar-refractivity contribution in [2.45, 2.75) is 5.25 Å². The first-order valence-electron chi connectivity index (χ1n) is 8.62. The highest BCUT2D eigenvalue weighted by molar-refractivity contribution is 8.00. The first-order chi connectivity index (χ1) is 13.6. The van der Waals surface area contributed by atoms with E-state index in [1.807, 2.05) is 36.4 Å². The SMILES string of the molecule is O=C(CSC(c1ccccc1)c1ccccc1)N/N=C/c1cccc(Cl)c1Cl. The quantitative estimate of drug-likeness (QED) is 0.372. The van der Waals surface area contributed by atoms with Gasteiger partial charge in [0.1, 0.15) is 0 Å². The van der Waals surface area contributed by atoms with E-state index in [0.29, 0.717) is 15.6 Å². The lowest BCUT2D eigenvalue weighted by atomic mass is 10.0. The lowest BCUT2D eigenvalue weighted by Crippen LogP contribution is -2.20. The summed E-state index contributed by atoms with van der Waals surface area (Å²) in [4.78, 5) is 12.2. The summed E-state index contributed by atoms with van der Waals surface area (Å²) in [5.41, 5.74) is 5.50. The molecule has 0 aromatic heterocycles. The molecule has 0 fully saturated rings. The van der Waals surface area contributed by atoms with Crippen LogP contribution in [0, 0.1) is 0 Å². The Morgan fingerprint density at radius 3 is 2.14 bits per heavy atom. The highest BCUT2D eigenvalue weighted by Crippen LogP contribution is 2.35. The molecule has 0 bridgehead atoms. The molecule has 0 unspecified atom stereocenters. The van der Waals surface area contributed by atoms with E-state index in [-0.39, 0.29) is 16.9 Å². The maximum Gasteiger partial charge on any atom is 0.250 e. The van der Waals surface area contributed by atoms with E-state index in [2.05, 4.69) is 34.8 Å². The van der Waals surface area contributed by atoms with Crippen LogP contribution in [0.25, 0.3) is 0 Å². The van der Waals surface area contributed by atoms with Crippen molar-refractivity contribution in [1.29, 1.82) is 0 Å². The molecule has 28 heavy (non-hydrogen) atoms. The van der Waals surface area contributed by atoms with Crippen molar-refractivity contribution < 1.29 is 4.79 Å².